The van der Waals surface area contributed by atoms with E-state index in [1.54, 1.807) is 13.8 Å². The molecule has 0 fully saturated rings. The summed E-state index contributed by atoms with van der Waals surface area (Å²) in [5, 5.41) is 9.04. The summed E-state index contributed by atoms with van der Waals surface area (Å²) in [5.74, 6) is -0.472. The van der Waals surface area contributed by atoms with Crippen LogP contribution in [0.1, 0.15) is 20.8 Å². The van der Waals surface area contributed by atoms with E-state index in [0.717, 1.165) is 19.6 Å². The predicted molar refractivity (Wildman–Crippen MR) is 68.8 cm³/mol. The SMILES string of the molecule is CNCCNCCNC(=O)C(C)C(C)C(C)=O. The Morgan fingerprint density at radius 3 is 2.12 bits per heavy atom. The first-order valence-electron chi connectivity index (χ1n) is 6.14. The van der Waals surface area contributed by atoms with Crippen molar-refractivity contribution in [1.82, 2.24) is 16.0 Å². The molecule has 5 heteroatoms. The molecular formula is C12H25N3O2. The molecule has 0 aromatic carbocycles. The Morgan fingerprint density at radius 2 is 1.59 bits per heavy atom. The second-order valence-corrected chi connectivity index (χ2v) is 4.33. The molecule has 0 bridgehead atoms. The van der Waals surface area contributed by atoms with Gasteiger partial charge >= 0.3 is 0 Å². The van der Waals surface area contributed by atoms with Crippen LogP contribution in [0.4, 0.5) is 0 Å². The normalized spacial score (nSPS) is 14.1. The van der Waals surface area contributed by atoms with E-state index in [9.17, 15) is 9.59 Å². The van der Waals surface area contributed by atoms with E-state index >= 15 is 0 Å². The molecular weight excluding hydrogens is 218 g/mol. The number of hydrogen-bond donors (Lipinski definition) is 3. The summed E-state index contributed by atoms with van der Waals surface area (Å²) in [7, 11) is 1.90. The Balaban J connectivity index is 3.68. The molecule has 0 aliphatic heterocycles. The molecule has 0 saturated carbocycles. The van der Waals surface area contributed by atoms with Gasteiger partial charge in [0.1, 0.15) is 5.78 Å². The molecule has 0 aromatic rings. The Labute approximate surface area is 104 Å². The van der Waals surface area contributed by atoms with Crippen LogP contribution in [0.3, 0.4) is 0 Å². The third kappa shape index (κ3) is 7.07. The molecule has 3 N–H and O–H groups in total. The monoisotopic (exact) mass is 243 g/mol. The van der Waals surface area contributed by atoms with Crippen molar-refractivity contribution < 1.29 is 9.59 Å². The fourth-order valence-corrected chi connectivity index (χ4v) is 1.35. The lowest BCUT2D eigenvalue weighted by Gasteiger charge is -2.16. The maximum Gasteiger partial charge on any atom is 0.223 e. The van der Waals surface area contributed by atoms with E-state index in [4.69, 9.17) is 0 Å². The third-order valence-corrected chi connectivity index (χ3v) is 2.96. The fraction of sp³-hybridized carbons (Fsp3) is 0.833. The highest BCUT2D eigenvalue weighted by Crippen LogP contribution is 2.11. The average Bonchev–Trinajstić information content (AvgIpc) is 2.31. The number of Topliss-reactive ketones (excluding diaryl/α,β-unsaturated/α-hetero) is 1. The van der Waals surface area contributed by atoms with Gasteiger partial charge in [0.05, 0.1) is 0 Å². The first kappa shape index (κ1) is 16.1. The van der Waals surface area contributed by atoms with Crippen LogP contribution in [0.2, 0.25) is 0 Å². The molecule has 0 saturated heterocycles. The van der Waals surface area contributed by atoms with Gasteiger partial charge in [-0.3, -0.25) is 9.59 Å². The van der Waals surface area contributed by atoms with Crippen LogP contribution in [0.5, 0.6) is 0 Å². The van der Waals surface area contributed by atoms with E-state index < -0.39 is 0 Å². The number of rotatable bonds is 9. The summed E-state index contributed by atoms with van der Waals surface area (Å²) in [6.07, 6.45) is 0. The lowest BCUT2D eigenvalue weighted by molar-refractivity contribution is -0.131. The number of hydrogen-bond acceptors (Lipinski definition) is 4. The van der Waals surface area contributed by atoms with E-state index in [1.165, 1.54) is 6.92 Å². The fourth-order valence-electron chi connectivity index (χ4n) is 1.35. The van der Waals surface area contributed by atoms with E-state index in [1.807, 2.05) is 7.05 Å². The van der Waals surface area contributed by atoms with Gasteiger partial charge in [0.15, 0.2) is 0 Å². The van der Waals surface area contributed by atoms with Crippen LogP contribution < -0.4 is 16.0 Å². The smallest absolute Gasteiger partial charge is 0.223 e. The van der Waals surface area contributed by atoms with Crippen LogP contribution in [-0.4, -0.2) is 44.9 Å². The van der Waals surface area contributed by atoms with Gasteiger partial charge in [-0.1, -0.05) is 13.8 Å². The van der Waals surface area contributed by atoms with Crippen molar-refractivity contribution in [3.8, 4) is 0 Å². The predicted octanol–water partition coefficient (Wildman–Crippen LogP) is -0.227. The molecule has 0 aliphatic rings. The molecule has 1 amide bonds. The quantitative estimate of drug-likeness (QED) is 0.489. The van der Waals surface area contributed by atoms with E-state index in [2.05, 4.69) is 16.0 Å². The molecule has 0 heterocycles. The standard InChI is InChI=1S/C12H25N3O2/c1-9(11(3)16)10(2)12(17)15-8-7-14-6-5-13-4/h9-10,13-14H,5-8H2,1-4H3,(H,15,17). The summed E-state index contributed by atoms with van der Waals surface area (Å²) in [4.78, 5) is 22.8. The van der Waals surface area contributed by atoms with Crippen molar-refractivity contribution in [3.05, 3.63) is 0 Å². The maximum absolute atomic E-state index is 11.7. The number of nitrogens with one attached hydrogen (secondary N) is 3. The highest BCUT2D eigenvalue weighted by atomic mass is 16.2. The second kappa shape index (κ2) is 9.13. The van der Waals surface area contributed by atoms with Crippen molar-refractivity contribution >= 4 is 11.7 Å². The first-order chi connectivity index (χ1) is 8.00. The average molecular weight is 243 g/mol. The molecule has 17 heavy (non-hydrogen) atoms. The summed E-state index contributed by atoms with van der Waals surface area (Å²) in [6, 6.07) is 0. The maximum atomic E-state index is 11.7. The van der Waals surface area contributed by atoms with Crippen LogP contribution in [0.25, 0.3) is 0 Å². The van der Waals surface area contributed by atoms with Crippen LogP contribution in [-0.2, 0) is 9.59 Å². The van der Waals surface area contributed by atoms with E-state index in [0.29, 0.717) is 6.54 Å². The largest absolute Gasteiger partial charge is 0.355 e. The number of amides is 1. The minimum absolute atomic E-state index is 0.0527. The van der Waals surface area contributed by atoms with Gasteiger partial charge in [0.2, 0.25) is 5.91 Å². The molecule has 2 atom stereocenters. The minimum Gasteiger partial charge on any atom is -0.355 e. The van der Waals surface area contributed by atoms with Crippen molar-refractivity contribution in [2.75, 3.05) is 33.2 Å². The molecule has 2 unspecified atom stereocenters. The lowest BCUT2D eigenvalue weighted by atomic mass is 9.92. The van der Waals surface area contributed by atoms with Crippen LogP contribution in [0, 0.1) is 11.8 Å². The zero-order chi connectivity index (χ0) is 13.3. The van der Waals surface area contributed by atoms with E-state index in [-0.39, 0.29) is 23.5 Å². The van der Waals surface area contributed by atoms with Gasteiger partial charge in [0.25, 0.3) is 0 Å². The van der Waals surface area contributed by atoms with Crippen molar-refractivity contribution in [1.29, 1.82) is 0 Å². The van der Waals surface area contributed by atoms with Gasteiger partial charge in [-0.05, 0) is 14.0 Å². The molecule has 100 valence electrons. The Hall–Kier alpha value is -0.940. The lowest BCUT2D eigenvalue weighted by Crippen LogP contribution is -2.39. The number of carbonyl (C=O) groups excluding carboxylic acids is 2. The summed E-state index contributed by atoms with van der Waals surface area (Å²) in [5.41, 5.74) is 0. The van der Waals surface area contributed by atoms with Crippen molar-refractivity contribution in [2.45, 2.75) is 20.8 Å². The van der Waals surface area contributed by atoms with Crippen LogP contribution in [0.15, 0.2) is 0 Å². The van der Waals surface area contributed by atoms with Gasteiger partial charge in [-0.15, -0.1) is 0 Å². The van der Waals surface area contributed by atoms with Gasteiger partial charge in [-0.2, -0.15) is 0 Å². The molecule has 5 nitrogen and oxygen atoms in total. The Kier molecular flexibility index (Phi) is 8.62. The summed E-state index contributed by atoms with van der Waals surface area (Å²) >= 11 is 0. The second-order valence-electron chi connectivity index (χ2n) is 4.33. The zero-order valence-corrected chi connectivity index (χ0v) is 11.3. The Morgan fingerprint density at radius 1 is 1.00 bits per heavy atom. The highest BCUT2D eigenvalue weighted by molar-refractivity contribution is 5.87. The van der Waals surface area contributed by atoms with Gasteiger partial charge in [-0.25, -0.2) is 0 Å². The summed E-state index contributed by atoms with van der Waals surface area (Å²) < 4.78 is 0. The zero-order valence-electron chi connectivity index (χ0n) is 11.3. The molecule has 0 aromatic heterocycles. The molecule has 0 radical (unpaired) electrons. The molecule has 0 aliphatic carbocycles. The number of carbonyl (C=O) groups is 2. The van der Waals surface area contributed by atoms with Crippen molar-refractivity contribution in [3.63, 3.8) is 0 Å². The number of likely N-dealkylation sites (N-methyl/N-ethyl adjacent to an activating group) is 1. The van der Waals surface area contributed by atoms with Gasteiger partial charge < -0.3 is 16.0 Å². The van der Waals surface area contributed by atoms with Crippen molar-refractivity contribution in [2.24, 2.45) is 11.8 Å². The molecule has 0 spiro atoms. The van der Waals surface area contributed by atoms with Crippen LogP contribution >= 0.6 is 0 Å². The number of ketones is 1. The van der Waals surface area contributed by atoms with Gasteiger partial charge in [0, 0.05) is 38.0 Å². The Bertz CT molecular complexity index is 244. The third-order valence-electron chi connectivity index (χ3n) is 2.96. The molecule has 0 rings (SSSR count). The summed E-state index contributed by atoms with van der Waals surface area (Å²) in [6.45, 7) is 8.23. The minimum atomic E-state index is -0.259. The first-order valence-corrected chi connectivity index (χ1v) is 6.14. The topological polar surface area (TPSA) is 70.2 Å². The highest BCUT2D eigenvalue weighted by Gasteiger charge is 2.22.